The Bertz CT molecular complexity index is 682. The Morgan fingerprint density at radius 1 is 0.885 bits per heavy atom. The average Bonchev–Trinajstić information content (AvgIpc) is 2.71. The molecule has 138 valence electrons. The molecule has 1 aliphatic rings. The van der Waals surface area contributed by atoms with Crippen molar-refractivity contribution in [3.05, 3.63) is 59.9 Å². The Hall–Kier alpha value is -2.09. The lowest BCUT2D eigenvalue weighted by atomic mass is 10.1. The van der Waals surface area contributed by atoms with Gasteiger partial charge >= 0.3 is 0 Å². The van der Waals surface area contributed by atoms with E-state index in [0.717, 1.165) is 6.54 Å². The molecule has 3 rings (SSSR count). The fourth-order valence-corrected chi connectivity index (χ4v) is 3.68. The highest BCUT2D eigenvalue weighted by Crippen LogP contribution is 2.20. The molecule has 1 fully saturated rings. The van der Waals surface area contributed by atoms with E-state index < -0.39 is 0 Å². The third kappa shape index (κ3) is 5.45. The summed E-state index contributed by atoms with van der Waals surface area (Å²) >= 11 is 0. The Morgan fingerprint density at radius 3 is 2.46 bits per heavy atom. The number of pyridine rings is 1. The zero-order chi connectivity index (χ0) is 18.0. The van der Waals surface area contributed by atoms with E-state index >= 15 is 0 Å². The zero-order valence-electron chi connectivity index (χ0n) is 16.2. The van der Waals surface area contributed by atoms with Gasteiger partial charge in [-0.25, -0.2) is 0 Å². The van der Waals surface area contributed by atoms with E-state index in [1.807, 2.05) is 0 Å². The summed E-state index contributed by atoms with van der Waals surface area (Å²) in [5.74, 6) is 0. The molecule has 1 aliphatic heterocycles. The summed E-state index contributed by atoms with van der Waals surface area (Å²) in [4.78, 5) is 2.51. The van der Waals surface area contributed by atoms with E-state index in [0.29, 0.717) is 0 Å². The third-order valence-corrected chi connectivity index (χ3v) is 5.29. The molecule has 26 heavy (non-hydrogen) atoms. The Kier molecular flexibility index (Phi) is 7.30. The number of anilines is 1. The van der Waals surface area contributed by atoms with Crippen molar-refractivity contribution in [1.29, 1.82) is 0 Å². The topological polar surface area (TPSA) is 7.12 Å². The number of hydrogen-bond donors (Lipinski definition) is 0. The van der Waals surface area contributed by atoms with Crippen molar-refractivity contribution in [3.63, 3.8) is 0 Å². The molecule has 0 spiro atoms. The second kappa shape index (κ2) is 10.2. The van der Waals surface area contributed by atoms with Crippen molar-refractivity contribution in [2.24, 2.45) is 0 Å². The van der Waals surface area contributed by atoms with Crippen LogP contribution >= 0.6 is 0 Å². The number of aromatic nitrogens is 1. The lowest BCUT2D eigenvalue weighted by Crippen LogP contribution is -2.36. The summed E-state index contributed by atoms with van der Waals surface area (Å²) in [5, 5.41) is 0. The molecule has 0 radical (unpaired) electrons. The van der Waals surface area contributed by atoms with Gasteiger partial charge in [-0.3, -0.25) is 0 Å². The summed E-state index contributed by atoms with van der Waals surface area (Å²) < 4.78 is 2.37. The van der Waals surface area contributed by atoms with E-state index in [2.05, 4.69) is 77.2 Å². The quantitative estimate of drug-likeness (QED) is 0.437. The van der Waals surface area contributed by atoms with Crippen LogP contribution in [0.1, 0.15) is 63.1 Å². The first-order valence-corrected chi connectivity index (χ1v) is 10.4. The summed E-state index contributed by atoms with van der Waals surface area (Å²) in [6.07, 6.45) is 15.9. The second-order valence-corrected chi connectivity index (χ2v) is 7.35. The first-order valence-electron chi connectivity index (χ1n) is 10.4. The van der Waals surface area contributed by atoms with E-state index in [9.17, 15) is 0 Å². The maximum absolute atomic E-state index is 2.51. The van der Waals surface area contributed by atoms with Crippen LogP contribution in [0.15, 0.2) is 48.7 Å². The molecule has 1 aromatic heterocycles. The normalized spacial score (nSPS) is 14.9. The first-order chi connectivity index (χ1) is 12.9. The highest BCUT2D eigenvalue weighted by atomic mass is 15.1. The standard InChI is InChI=1S/C24H33N2/c1-2-3-4-7-18-25-21-10-6-11-23(25)15-12-22-13-16-24(17-14-22)26-19-8-5-9-20-26/h6,10-17,21H,2-5,7-9,18-20H2,1H3/q+1. The van der Waals surface area contributed by atoms with E-state index in [1.54, 1.807) is 0 Å². The molecule has 0 atom stereocenters. The molecule has 0 N–H and O–H groups in total. The van der Waals surface area contributed by atoms with Crippen LogP contribution in [-0.2, 0) is 6.54 Å². The molecule has 1 saturated heterocycles. The fraction of sp³-hybridized carbons (Fsp3) is 0.458. The van der Waals surface area contributed by atoms with E-state index in [4.69, 9.17) is 0 Å². The minimum absolute atomic E-state index is 1.11. The lowest BCUT2D eigenvalue weighted by Gasteiger charge is -2.28. The SMILES string of the molecule is CCCCCC[n+]1ccccc1/C=C/c1ccc(N2CCCCC2)cc1. The highest BCUT2D eigenvalue weighted by molar-refractivity contribution is 5.68. The third-order valence-electron chi connectivity index (χ3n) is 5.29. The number of unbranched alkanes of at least 4 members (excludes halogenated alkanes) is 3. The fourth-order valence-electron chi connectivity index (χ4n) is 3.68. The van der Waals surface area contributed by atoms with E-state index in [-0.39, 0.29) is 0 Å². The molecule has 2 heterocycles. The Labute approximate surface area is 159 Å². The van der Waals surface area contributed by atoms with Gasteiger partial charge in [0.15, 0.2) is 6.20 Å². The minimum Gasteiger partial charge on any atom is -0.372 e. The zero-order valence-corrected chi connectivity index (χ0v) is 16.2. The Balaban J connectivity index is 1.62. The van der Waals surface area contributed by atoms with Gasteiger partial charge in [-0.15, -0.1) is 0 Å². The van der Waals surface area contributed by atoms with Gasteiger partial charge in [0.25, 0.3) is 0 Å². The van der Waals surface area contributed by atoms with Crippen LogP contribution in [0, 0.1) is 0 Å². The molecule has 0 saturated carbocycles. The molecular formula is C24H33N2+. The van der Waals surface area contributed by atoms with Crippen LogP contribution in [0.2, 0.25) is 0 Å². The second-order valence-electron chi connectivity index (χ2n) is 7.35. The maximum Gasteiger partial charge on any atom is 0.205 e. The molecule has 2 nitrogen and oxygen atoms in total. The monoisotopic (exact) mass is 349 g/mol. The average molecular weight is 350 g/mol. The molecule has 0 aliphatic carbocycles. The largest absolute Gasteiger partial charge is 0.372 e. The first kappa shape index (κ1) is 18.7. The van der Waals surface area contributed by atoms with Gasteiger partial charge in [-0.1, -0.05) is 31.9 Å². The van der Waals surface area contributed by atoms with Gasteiger partial charge in [0.2, 0.25) is 5.69 Å². The summed E-state index contributed by atoms with van der Waals surface area (Å²) in [5.41, 5.74) is 3.92. The van der Waals surface area contributed by atoms with Crippen LogP contribution in [-0.4, -0.2) is 13.1 Å². The van der Waals surface area contributed by atoms with Crippen molar-refractivity contribution >= 4 is 17.8 Å². The van der Waals surface area contributed by atoms with Gasteiger partial charge in [0.1, 0.15) is 6.54 Å². The van der Waals surface area contributed by atoms with Crippen molar-refractivity contribution in [3.8, 4) is 0 Å². The number of piperidine rings is 1. The van der Waals surface area contributed by atoms with Gasteiger partial charge in [-0.05, 0) is 55.5 Å². The lowest BCUT2D eigenvalue weighted by molar-refractivity contribution is -0.699. The van der Waals surface area contributed by atoms with Crippen molar-refractivity contribution in [1.82, 2.24) is 0 Å². The molecule has 1 aromatic carbocycles. The maximum atomic E-state index is 2.51. The molecule has 0 amide bonds. The van der Waals surface area contributed by atoms with Crippen molar-refractivity contribution in [2.75, 3.05) is 18.0 Å². The predicted molar refractivity (Wildman–Crippen MR) is 112 cm³/mol. The molecule has 2 heteroatoms. The van der Waals surface area contributed by atoms with Crippen LogP contribution in [0.3, 0.4) is 0 Å². The number of rotatable bonds is 8. The number of benzene rings is 1. The van der Waals surface area contributed by atoms with Gasteiger partial charge in [0, 0.05) is 43.4 Å². The van der Waals surface area contributed by atoms with Gasteiger partial charge in [-0.2, -0.15) is 4.57 Å². The summed E-state index contributed by atoms with van der Waals surface area (Å²) in [6.45, 7) is 5.78. The molecule has 2 aromatic rings. The smallest absolute Gasteiger partial charge is 0.205 e. The van der Waals surface area contributed by atoms with Crippen LogP contribution in [0.4, 0.5) is 5.69 Å². The van der Waals surface area contributed by atoms with Crippen LogP contribution < -0.4 is 9.47 Å². The molecule has 0 unspecified atom stereocenters. The van der Waals surface area contributed by atoms with Gasteiger partial charge < -0.3 is 4.90 Å². The van der Waals surface area contributed by atoms with Crippen molar-refractivity contribution in [2.45, 2.75) is 58.4 Å². The van der Waals surface area contributed by atoms with Crippen LogP contribution in [0.25, 0.3) is 12.2 Å². The highest BCUT2D eigenvalue weighted by Gasteiger charge is 2.10. The summed E-state index contributed by atoms with van der Waals surface area (Å²) in [7, 11) is 0. The molecular weight excluding hydrogens is 316 g/mol. The number of aryl methyl sites for hydroxylation is 1. The van der Waals surface area contributed by atoms with Crippen molar-refractivity contribution < 1.29 is 4.57 Å². The minimum atomic E-state index is 1.11. The number of hydrogen-bond acceptors (Lipinski definition) is 1. The molecule has 0 bridgehead atoms. The predicted octanol–water partition coefficient (Wildman–Crippen LogP) is 5.72. The Morgan fingerprint density at radius 2 is 1.69 bits per heavy atom. The summed E-state index contributed by atoms with van der Waals surface area (Å²) in [6, 6.07) is 15.5. The number of nitrogens with zero attached hydrogens (tertiary/aromatic N) is 2. The van der Waals surface area contributed by atoms with Gasteiger partial charge in [0.05, 0.1) is 0 Å². The van der Waals surface area contributed by atoms with Crippen LogP contribution in [0.5, 0.6) is 0 Å². The van der Waals surface area contributed by atoms with E-state index in [1.165, 1.54) is 75.0 Å².